The Kier molecular flexibility index (Phi) is 5.43. The van der Waals surface area contributed by atoms with E-state index in [4.69, 9.17) is 0 Å². The predicted molar refractivity (Wildman–Crippen MR) is 91.4 cm³/mol. The van der Waals surface area contributed by atoms with Gasteiger partial charge in [0.1, 0.15) is 0 Å². The van der Waals surface area contributed by atoms with E-state index in [1.165, 1.54) is 0 Å². The molecule has 2 aromatic rings. The first-order valence-electron chi connectivity index (χ1n) is 7.63. The number of non-ortho nitro benzene ring substituents is 2. The highest BCUT2D eigenvalue weighted by atomic mass is 16.6. The van der Waals surface area contributed by atoms with Crippen molar-refractivity contribution in [1.82, 2.24) is 5.32 Å². The highest BCUT2D eigenvalue weighted by molar-refractivity contribution is 5.95. The first-order chi connectivity index (χ1) is 11.8. The number of carbonyl (C=O) groups excluding carboxylic acids is 1. The summed E-state index contributed by atoms with van der Waals surface area (Å²) in [6, 6.07) is 10.2. The first kappa shape index (κ1) is 18.1. The van der Waals surface area contributed by atoms with Crippen LogP contribution in [0, 0.1) is 27.2 Å². The van der Waals surface area contributed by atoms with Gasteiger partial charge in [-0.1, -0.05) is 36.8 Å². The zero-order valence-electron chi connectivity index (χ0n) is 13.8. The van der Waals surface area contributed by atoms with Gasteiger partial charge in [0.2, 0.25) is 0 Å². The van der Waals surface area contributed by atoms with E-state index in [0.29, 0.717) is 6.42 Å². The Hall–Kier alpha value is -3.29. The molecular weight excluding hydrogens is 326 g/mol. The number of hydrogen-bond acceptors (Lipinski definition) is 5. The highest BCUT2D eigenvalue weighted by Gasteiger charge is 2.21. The summed E-state index contributed by atoms with van der Waals surface area (Å²) in [6.45, 7) is 3.84. The molecule has 0 aromatic heterocycles. The molecule has 1 atom stereocenters. The highest BCUT2D eigenvalue weighted by Crippen LogP contribution is 2.24. The lowest BCUT2D eigenvalue weighted by Gasteiger charge is -2.17. The molecule has 8 heteroatoms. The summed E-state index contributed by atoms with van der Waals surface area (Å²) in [6.07, 6.45) is 0.603. The van der Waals surface area contributed by atoms with E-state index in [1.807, 2.05) is 38.1 Å². The third kappa shape index (κ3) is 4.37. The van der Waals surface area contributed by atoms with E-state index in [-0.39, 0.29) is 11.6 Å². The minimum Gasteiger partial charge on any atom is -0.345 e. The molecule has 0 heterocycles. The maximum absolute atomic E-state index is 12.4. The van der Waals surface area contributed by atoms with Gasteiger partial charge >= 0.3 is 0 Å². The second-order valence-corrected chi connectivity index (χ2v) is 5.60. The average molecular weight is 343 g/mol. The van der Waals surface area contributed by atoms with Crippen molar-refractivity contribution in [3.8, 4) is 0 Å². The Bertz CT molecular complexity index is 785. The Morgan fingerprint density at radius 1 is 1.04 bits per heavy atom. The molecule has 0 aliphatic rings. The lowest BCUT2D eigenvalue weighted by molar-refractivity contribution is -0.394. The number of carbonyl (C=O) groups is 1. The fraction of sp³-hybridized carbons (Fsp3) is 0.235. The molecular formula is C17H17N3O5. The first-order valence-corrected chi connectivity index (χ1v) is 7.63. The zero-order valence-corrected chi connectivity index (χ0v) is 13.8. The van der Waals surface area contributed by atoms with Gasteiger partial charge in [-0.15, -0.1) is 0 Å². The number of amides is 1. The van der Waals surface area contributed by atoms with Crippen LogP contribution in [-0.2, 0) is 0 Å². The maximum atomic E-state index is 12.4. The van der Waals surface area contributed by atoms with Crippen LogP contribution in [0.2, 0.25) is 0 Å². The second-order valence-electron chi connectivity index (χ2n) is 5.60. The lowest BCUT2D eigenvalue weighted by Crippen LogP contribution is -2.28. The number of nitro benzene ring substituents is 2. The summed E-state index contributed by atoms with van der Waals surface area (Å²) in [5.41, 5.74) is 0.859. The van der Waals surface area contributed by atoms with Crippen LogP contribution >= 0.6 is 0 Å². The largest absolute Gasteiger partial charge is 0.345 e. The number of nitro groups is 2. The third-order valence-electron chi connectivity index (χ3n) is 3.78. The molecule has 0 radical (unpaired) electrons. The number of benzene rings is 2. The van der Waals surface area contributed by atoms with Crippen molar-refractivity contribution in [3.05, 3.63) is 79.4 Å². The van der Waals surface area contributed by atoms with Gasteiger partial charge in [0.05, 0.1) is 27.5 Å². The quantitative estimate of drug-likeness (QED) is 0.634. The molecule has 0 saturated heterocycles. The second kappa shape index (κ2) is 7.52. The van der Waals surface area contributed by atoms with Crippen LogP contribution in [0.5, 0.6) is 0 Å². The van der Waals surface area contributed by atoms with Crippen molar-refractivity contribution in [1.29, 1.82) is 0 Å². The number of nitrogens with zero attached hydrogens (tertiary/aromatic N) is 2. The molecule has 0 aliphatic heterocycles. The van der Waals surface area contributed by atoms with Crippen molar-refractivity contribution < 1.29 is 14.6 Å². The van der Waals surface area contributed by atoms with Crippen LogP contribution in [0.3, 0.4) is 0 Å². The van der Waals surface area contributed by atoms with Crippen LogP contribution in [0.4, 0.5) is 11.4 Å². The summed E-state index contributed by atoms with van der Waals surface area (Å²) >= 11 is 0. The van der Waals surface area contributed by atoms with E-state index in [2.05, 4.69) is 5.32 Å². The Morgan fingerprint density at radius 3 is 2.00 bits per heavy atom. The average Bonchev–Trinajstić information content (AvgIpc) is 2.59. The molecule has 0 saturated carbocycles. The molecule has 8 nitrogen and oxygen atoms in total. The molecule has 1 amide bonds. The van der Waals surface area contributed by atoms with Crippen LogP contribution < -0.4 is 5.32 Å². The molecule has 0 fully saturated rings. The standard InChI is InChI=1S/C17H17N3O5/c1-3-16(12-6-4-11(2)5-7-12)18-17(21)13-8-14(19(22)23)10-15(9-13)20(24)25/h4-10,16H,3H2,1-2H3,(H,18,21)/t16-/m1/s1. The van der Waals surface area contributed by atoms with E-state index in [1.54, 1.807) is 0 Å². The predicted octanol–water partition coefficient (Wildman–Crippen LogP) is 3.69. The molecule has 25 heavy (non-hydrogen) atoms. The summed E-state index contributed by atoms with van der Waals surface area (Å²) in [7, 11) is 0. The normalized spacial score (nSPS) is 11.6. The maximum Gasteiger partial charge on any atom is 0.277 e. The van der Waals surface area contributed by atoms with Gasteiger partial charge in [0.15, 0.2) is 0 Å². The van der Waals surface area contributed by atoms with Crippen molar-refractivity contribution in [2.45, 2.75) is 26.3 Å². The summed E-state index contributed by atoms with van der Waals surface area (Å²) < 4.78 is 0. The molecule has 2 aromatic carbocycles. The van der Waals surface area contributed by atoms with E-state index in [0.717, 1.165) is 29.3 Å². The van der Waals surface area contributed by atoms with Gasteiger partial charge in [0.25, 0.3) is 17.3 Å². The smallest absolute Gasteiger partial charge is 0.277 e. The number of rotatable bonds is 6. The monoisotopic (exact) mass is 343 g/mol. The topological polar surface area (TPSA) is 115 Å². The summed E-state index contributed by atoms with van der Waals surface area (Å²) in [5.74, 6) is -0.598. The van der Waals surface area contributed by atoms with Crippen molar-refractivity contribution >= 4 is 17.3 Å². The van der Waals surface area contributed by atoms with E-state index >= 15 is 0 Å². The summed E-state index contributed by atoms with van der Waals surface area (Å²) in [5, 5.41) is 24.6. The van der Waals surface area contributed by atoms with Gasteiger partial charge < -0.3 is 5.32 Å². The molecule has 2 rings (SSSR count). The number of aryl methyl sites for hydroxylation is 1. The SMILES string of the molecule is CC[C@@H](NC(=O)c1cc([N+](=O)[O-])cc([N+](=O)[O-])c1)c1ccc(C)cc1. The van der Waals surface area contributed by atoms with Gasteiger partial charge in [-0.2, -0.15) is 0 Å². The van der Waals surface area contributed by atoms with Gasteiger partial charge in [-0.3, -0.25) is 25.0 Å². The Morgan fingerprint density at radius 2 is 1.56 bits per heavy atom. The Labute approximate surface area is 143 Å². The molecule has 130 valence electrons. The van der Waals surface area contributed by atoms with Gasteiger partial charge in [-0.25, -0.2) is 0 Å². The van der Waals surface area contributed by atoms with Crippen LogP contribution in [-0.4, -0.2) is 15.8 Å². The van der Waals surface area contributed by atoms with Crippen molar-refractivity contribution in [2.75, 3.05) is 0 Å². The van der Waals surface area contributed by atoms with E-state index < -0.39 is 27.1 Å². The minimum absolute atomic E-state index is 0.119. The fourth-order valence-corrected chi connectivity index (χ4v) is 2.40. The molecule has 0 aliphatic carbocycles. The minimum atomic E-state index is -0.763. The molecule has 0 spiro atoms. The van der Waals surface area contributed by atoms with Crippen LogP contribution in [0.1, 0.15) is 40.9 Å². The third-order valence-corrected chi connectivity index (χ3v) is 3.78. The lowest BCUT2D eigenvalue weighted by atomic mass is 10.0. The number of nitrogens with one attached hydrogen (secondary N) is 1. The Balaban J connectivity index is 2.31. The molecule has 0 bridgehead atoms. The fourth-order valence-electron chi connectivity index (χ4n) is 2.40. The van der Waals surface area contributed by atoms with Gasteiger partial charge in [-0.05, 0) is 18.9 Å². The van der Waals surface area contributed by atoms with E-state index in [9.17, 15) is 25.0 Å². The molecule has 0 unspecified atom stereocenters. The van der Waals surface area contributed by atoms with Crippen molar-refractivity contribution in [2.24, 2.45) is 0 Å². The van der Waals surface area contributed by atoms with Crippen LogP contribution in [0.15, 0.2) is 42.5 Å². The van der Waals surface area contributed by atoms with Gasteiger partial charge in [0, 0.05) is 12.1 Å². The zero-order chi connectivity index (χ0) is 18.6. The summed E-state index contributed by atoms with van der Waals surface area (Å²) in [4.78, 5) is 32.8. The number of hydrogen-bond donors (Lipinski definition) is 1. The van der Waals surface area contributed by atoms with Crippen molar-refractivity contribution in [3.63, 3.8) is 0 Å². The van der Waals surface area contributed by atoms with Crippen LogP contribution in [0.25, 0.3) is 0 Å². The molecule has 1 N–H and O–H groups in total.